The molecule has 0 radical (unpaired) electrons. The molecule has 3 N–H and O–H groups in total. The first-order valence-corrected chi connectivity index (χ1v) is 10.5. The van der Waals surface area contributed by atoms with Crippen LogP contribution in [0.2, 0.25) is 0 Å². The molecule has 0 fully saturated rings. The summed E-state index contributed by atoms with van der Waals surface area (Å²) in [4.78, 5) is 26.1. The SMILES string of the molecule is CCN(C(=O)O)[C@@H]1C[C@H](C)[N+](C)(C(C)=O)c2ccc(-c3ccc(CCN)cc3)cc21. The van der Waals surface area contributed by atoms with E-state index in [1.54, 1.807) is 6.92 Å². The van der Waals surface area contributed by atoms with E-state index in [0.717, 1.165) is 28.8 Å². The minimum atomic E-state index is -0.934. The number of quaternary nitrogens is 1. The molecule has 3 atom stereocenters. The zero-order valence-corrected chi connectivity index (χ0v) is 18.3. The van der Waals surface area contributed by atoms with Gasteiger partial charge in [0.2, 0.25) is 0 Å². The van der Waals surface area contributed by atoms with E-state index in [2.05, 4.69) is 30.3 Å². The van der Waals surface area contributed by atoms with Crippen LogP contribution in [0.3, 0.4) is 0 Å². The number of amides is 2. The van der Waals surface area contributed by atoms with Crippen LogP contribution in [0.5, 0.6) is 0 Å². The van der Waals surface area contributed by atoms with Crippen LogP contribution in [0, 0.1) is 0 Å². The molecule has 6 nitrogen and oxygen atoms in total. The lowest BCUT2D eigenvalue weighted by Gasteiger charge is -2.45. The van der Waals surface area contributed by atoms with Gasteiger partial charge in [0.25, 0.3) is 0 Å². The standard InChI is InChI=1S/C24H31N3O3/c1-5-26(24(29)30)22-14-16(2)27(4,17(3)28)23-11-10-20(15-21(22)23)19-8-6-18(7-9-19)12-13-25/h6-11,15-16,22H,5,12-14,25H2,1-4H3/p+1/t16-,22+,27?/m0/s1. The molecule has 1 aliphatic rings. The minimum Gasteiger partial charge on any atom is -0.465 e. The number of benzene rings is 2. The summed E-state index contributed by atoms with van der Waals surface area (Å²) < 4.78 is 0.179. The van der Waals surface area contributed by atoms with Gasteiger partial charge in [-0.2, -0.15) is 0 Å². The molecule has 160 valence electrons. The molecular weight excluding hydrogens is 378 g/mol. The summed E-state index contributed by atoms with van der Waals surface area (Å²) in [5.41, 5.74) is 10.7. The highest BCUT2D eigenvalue weighted by Crippen LogP contribution is 2.45. The second-order valence-corrected chi connectivity index (χ2v) is 8.27. The number of nitrogens with zero attached hydrogens (tertiary/aromatic N) is 2. The number of rotatable bonds is 5. The summed E-state index contributed by atoms with van der Waals surface area (Å²) in [5, 5.41) is 9.79. The fraction of sp³-hybridized carbons (Fsp3) is 0.417. The Morgan fingerprint density at radius 1 is 1.17 bits per heavy atom. The molecule has 3 rings (SSSR count). The number of carbonyl (C=O) groups excluding carboxylic acids is 1. The number of nitrogens with two attached hydrogens (primary N) is 1. The fourth-order valence-electron chi connectivity index (χ4n) is 4.62. The fourth-order valence-corrected chi connectivity index (χ4v) is 4.62. The first kappa shape index (κ1) is 22.0. The zero-order valence-electron chi connectivity index (χ0n) is 18.3. The molecule has 0 saturated carbocycles. The summed E-state index contributed by atoms with van der Waals surface area (Å²) in [6.07, 6.45) is 0.501. The highest BCUT2D eigenvalue weighted by atomic mass is 16.4. The topological polar surface area (TPSA) is 83.6 Å². The highest BCUT2D eigenvalue weighted by molar-refractivity contribution is 5.89. The third-order valence-corrected chi connectivity index (χ3v) is 6.67. The predicted molar refractivity (Wildman–Crippen MR) is 120 cm³/mol. The molecule has 2 aromatic carbocycles. The molecule has 2 aromatic rings. The van der Waals surface area contributed by atoms with Crippen molar-refractivity contribution < 1.29 is 14.7 Å². The highest BCUT2D eigenvalue weighted by Gasteiger charge is 2.47. The van der Waals surface area contributed by atoms with Crippen molar-refractivity contribution in [2.75, 3.05) is 20.1 Å². The van der Waals surface area contributed by atoms with E-state index in [-0.39, 0.29) is 22.5 Å². The van der Waals surface area contributed by atoms with Crippen molar-refractivity contribution in [3.63, 3.8) is 0 Å². The van der Waals surface area contributed by atoms with E-state index >= 15 is 0 Å². The summed E-state index contributed by atoms with van der Waals surface area (Å²) in [7, 11) is 1.93. The zero-order chi connectivity index (χ0) is 22.1. The number of carboxylic acid groups (broad SMARTS) is 1. The van der Waals surface area contributed by atoms with Crippen molar-refractivity contribution in [2.24, 2.45) is 5.73 Å². The lowest BCUT2D eigenvalue weighted by Crippen LogP contribution is -2.60. The van der Waals surface area contributed by atoms with Crippen molar-refractivity contribution in [3.8, 4) is 11.1 Å². The van der Waals surface area contributed by atoms with Crippen LogP contribution < -0.4 is 10.2 Å². The minimum absolute atomic E-state index is 0.0187. The summed E-state index contributed by atoms with van der Waals surface area (Å²) >= 11 is 0. The Hall–Kier alpha value is -2.70. The average molecular weight is 411 g/mol. The molecule has 0 bridgehead atoms. The van der Waals surface area contributed by atoms with Gasteiger partial charge in [0.05, 0.1) is 26.1 Å². The molecule has 30 heavy (non-hydrogen) atoms. The van der Waals surface area contributed by atoms with Gasteiger partial charge < -0.3 is 15.7 Å². The van der Waals surface area contributed by atoms with Gasteiger partial charge in [0.1, 0.15) is 5.69 Å². The van der Waals surface area contributed by atoms with Crippen LogP contribution in [-0.4, -0.2) is 48.2 Å². The van der Waals surface area contributed by atoms with E-state index in [9.17, 15) is 14.7 Å². The Kier molecular flexibility index (Phi) is 6.29. The summed E-state index contributed by atoms with van der Waals surface area (Å²) in [5.74, 6) is 0.0551. The molecule has 0 saturated heterocycles. The lowest BCUT2D eigenvalue weighted by molar-refractivity contribution is -0.129. The predicted octanol–water partition coefficient (Wildman–Crippen LogP) is 4.17. The van der Waals surface area contributed by atoms with E-state index in [0.29, 0.717) is 19.5 Å². The number of fused-ring (bicyclic) bond motifs is 1. The maximum atomic E-state index is 12.7. The van der Waals surface area contributed by atoms with Crippen LogP contribution in [-0.2, 0) is 11.2 Å². The van der Waals surface area contributed by atoms with Crippen molar-refractivity contribution in [1.29, 1.82) is 0 Å². The monoisotopic (exact) mass is 410 g/mol. The van der Waals surface area contributed by atoms with Crippen molar-refractivity contribution >= 4 is 17.7 Å². The first-order chi connectivity index (χ1) is 14.2. The van der Waals surface area contributed by atoms with Gasteiger partial charge in [-0.1, -0.05) is 24.3 Å². The Balaban J connectivity index is 2.14. The maximum absolute atomic E-state index is 12.7. The van der Waals surface area contributed by atoms with Gasteiger partial charge >= 0.3 is 12.0 Å². The molecule has 0 spiro atoms. The van der Waals surface area contributed by atoms with Crippen molar-refractivity contribution in [2.45, 2.75) is 45.7 Å². The lowest BCUT2D eigenvalue weighted by atomic mass is 9.86. The third-order valence-electron chi connectivity index (χ3n) is 6.67. The molecule has 2 amide bonds. The third kappa shape index (κ3) is 3.73. The molecule has 1 unspecified atom stereocenters. The Bertz CT molecular complexity index is 941. The van der Waals surface area contributed by atoms with Crippen LogP contribution in [0.4, 0.5) is 10.5 Å². The Labute approximate surface area is 178 Å². The van der Waals surface area contributed by atoms with E-state index in [1.807, 2.05) is 33.0 Å². The van der Waals surface area contributed by atoms with E-state index in [4.69, 9.17) is 5.73 Å². The van der Waals surface area contributed by atoms with Crippen LogP contribution in [0.25, 0.3) is 11.1 Å². The van der Waals surface area contributed by atoms with E-state index < -0.39 is 6.09 Å². The van der Waals surface area contributed by atoms with Gasteiger partial charge in [0.15, 0.2) is 0 Å². The molecule has 0 aliphatic carbocycles. The van der Waals surface area contributed by atoms with Crippen LogP contribution in [0.15, 0.2) is 42.5 Å². The quantitative estimate of drug-likeness (QED) is 0.725. The van der Waals surface area contributed by atoms with Crippen molar-refractivity contribution in [3.05, 3.63) is 53.6 Å². The molecule has 1 heterocycles. The van der Waals surface area contributed by atoms with Gasteiger partial charge in [-0.15, -0.1) is 0 Å². The Morgan fingerprint density at radius 3 is 2.33 bits per heavy atom. The average Bonchev–Trinajstić information content (AvgIpc) is 2.72. The van der Waals surface area contributed by atoms with Gasteiger partial charge in [-0.3, -0.25) is 0 Å². The van der Waals surface area contributed by atoms with Crippen LogP contribution in [0.1, 0.15) is 44.4 Å². The smallest absolute Gasteiger partial charge is 0.407 e. The Morgan fingerprint density at radius 2 is 1.80 bits per heavy atom. The van der Waals surface area contributed by atoms with Crippen LogP contribution >= 0.6 is 0 Å². The number of carbonyl (C=O) groups is 2. The summed E-state index contributed by atoms with van der Waals surface area (Å²) in [6, 6.07) is 14.1. The molecular formula is C24H32N3O3+. The van der Waals surface area contributed by atoms with Crippen molar-refractivity contribution in [1.82, 2.24) is 9.38 Å². The van der Waals surface area contributed by atoms with Gasteiger partial charge in [-0.25, -0.2) is 14.1 Å². The first-order valence-electron chi connectivity index (χ1n) is 10.5. The molecule has 0 aromatic heterocycles. The molecule has 1 aliphatic heterocycles. The maximum Gasteiger partial charge on any atom is 0.407 e. The van der Waals surface area contributed by atoms with Gasteiger partial charge in [0, 0.05) is 24.6 Å². The van der Waals surface area contributed by atoms with E-state index in [1.165, 1.54) is 10.5 Å². The number of hydrogen-bond donors (Lipinski definition) is 2. The largest absolute Gasteiger partial charge is 0.465 e. The normalized spacial score (nSPS) is 23.0. The number of hydrogen-bond acceptors (Lipinski definition) is 3. The van der Waals surface area contributed by atoms with Gasteiger partial charge in [-0.05, 0) is 55.6 Å². The second-order valence-electron chi connectivity index (χ2n) is 8.27. The second kappa shape index (κ2) is 8.58. The molecule has 6 heteroatoms. The summed E-state index contributed by atoms with van der Waals surface area (Å²) in [6.45, 7) is 6.50.